The first-order valence-corrected chi connectivity index (χ1v) is 8.17. The Morgan fingerprint density at radius 3 is 2.60 bits per heavy atom. The molecule has 2 rings (SSSR count). The molecule has 0 fully saturated rings. The average molecular weight is 419 g/mol. The van der Waals surface area contributed by atoms with Gasteiger partial charge >= 0.3 is 12.8 Å². The molecule has 1 aromatic heterocycles. The standard InChI is InChI=1S/C15H17BrF2N2O2.CO2/c1-2-11-9-13(20(19-11)6-3-7-21)12-5-4-10(16)8-14(12)22-15(17)18;2-1-3/h4-5,8-9,15,21H,2-3,6-7H2,1H3;. The van der Waals surface area contributed by atoms with Gasteiger partial charge in [0.25, 0.3) is 0 Å². The summed E-state index contributed by atoms with van der Waals surface area (Å²) in [6.07, 6.45) is 1.53. The highest BCUT2D eigenvalue weighted by atomic mass is 79.9. The third-order valence-corrected chi connectivity index (χ3v) is 3.65. The summed E-state index contributed by atoms with van der Waals surface area (Å²) < 4.78 is 32.3. The zero-order valence-corrected chi connectivity index (χ0v) is 15.0. The maximum absolute atomic E-state index is 12.6. The summed E-state index contributed by atoms with van der Waals surface area (Å²) in [5.41, 5.74) is 2.11. The first kappa shape index (κ1) is 21.0. The van der Waals surface area contributed by atoms with E-state index in [0.29, 0.717) is 28.7 Å². The molecule has 0 unspecified atom stereocenters. The number of halogens is 3. The van der Waals surface area contributed by atoms with Crippen LogP contribution in [0.2, 0.25) is 0 Å². The molecule has 1 heterocycles. The van der Waals surface area contributed by atoms with Gasteiger partial charge in [0.05, 0.1) is 11.4 Å². The summed E-state index contributed by atoms with van der Waals surface area (Å²) in [7, 11) is 0. The van der Waals surface area contributed by atoms with Crippen molar-refractivity contribution in [2.45, 2.75) is 32.9 Å². The summed E-state index contributed by atoms with van der Waals surface area (Å²) in [6.45, 7) is -0.370. The molecule has 0 aliphatic heterocycles. The third kappa shape index (κ3) is 6.38. The summed E-state index contributed by atoms with van der Waals surface area (Å²) in [5, 5.41) is 13.4. The van der Waals surface area contributed by atoms with Gasteiger partial charge in [0, 0.05) is 23.2 Å². The second-order valence-corrected chi connectivity index (χ2v) is 5.69. The van der Waals surface area contributed by atoms with Gasteiger partial charge in [-0.25, -0.2) is 0 Å². The number of hydrogen-bond donors (Lipinski definition) is 1. The highest BCUT2D eigenvalue weighted by molar-refractivity contribution is 9.10. The molecule has 0 bridgehead atoms. The lowest BCUT2D eigenvalue weighted by molar-refractivity contribution is -0.191. The van der Waals surface area contributed by atoms with Crippen molar-refractivity contribution in [3.05, 3.63) is 34.4 Å². The number of aryl methyl sites for hydroxylation is 2. The number of aliphatic hydroxyl groups is 1. The lowest BCUT2D eigenvalue weighted by atomic mass is 10.1. The number of rotatable bonds is 7. The molecular formula is C16H17BrF2N2O4. The second-order valence-electron chi connectivity index (χ2n) is 4.78. The number of alkyl halides is 2. The minimum atomic E-state index is -2.90. The smallest absolute Gasteiger partial charge is 0.387 e. The molecule has 0 spiro atoms. The molecule has 9 heteroatoms. The largest absolute Gasteiger partial charge is 0.434 e. The van der Waals surface area contributed by atoms with E-state index in [1.54, 1.807) is 16.8 Å². The van der Waals surface area contributed by atoms with Gasteiger partial charge in [0.1, 0.15) is 5.75 Å². The van der Waals surface area contributed by atoms with Gasteiger partial charge in [-0.15, -0.1) is 0 Å². The van der Waals surface area contributed by atoms with Crippen LogP contribution in [0.5, 0.6) is 5.75 Å². The lowest BCUT2D eigenvalue weighted by Crippen LogP contribution is -2.07. The van der Waals surface area contributed by atoms with E-state index in [9.17, 15) is 8.78 Å². The zero-order valence-electron chi connectivity index (χ0n) is 13.4. The number of carbonyl (C=O) groups excluding carboxylic acids is 2. The Balaban J connectivity index is 0.000000970. The van der Waals surface area contributed by atoms with Crippen molar-refractivity contribution >= 4 is 22.1 Å². The number of benzene rings is 1. The zero-order chi connectivity index (χ0) is 18.8. The van der Waals surface area contributed by atoms with Crippen LogP contribution in [0, 0.1) is 0 Å². The fourth-order valence-electron chi connectivity index (χ4n) is 2.15. The topological polar surface area (TPSA) is 81.4 Å². The van der Waals surface area contributed by atoms with Crippen molar-refractivity contribution < 1.29 is 28.2 Å². The first-order chi connectivity index (χ1) is 12.0. The summed E-state index contributed by atoms with van der Waals surface area (Å²) in [5.74, 6) is 0.0946. The summed E-state index contributed by atoms with van der Waals surface area (Å²) >= 11 is 3.26. The van der Waals surface area contributed by atoms with E-state index in [2.05, 4.69) is 25.8 Å². The molecule has 0 aliphatic carbocycles. The molecule has 6 nitrogen and oxygen atoms in total. The van der Waals surface area contributed by atoms with Crippen LogP contribution in [0.25, 0.3) is 11.3 Å². The Morgan fingerprint density at radius 2 is 2.04 bits per heavy atom. The molecule has 0 saturated heterocycles. The normalized spacial score (nSPS) is 10.2. The predicted molar refractivity (Wildman–Crippen MR) is 88.1 cm³/mol. The summed E-state index contributed by atoms with van der Waals surface area (Å²) in [6, 6.07) is 6.85. The molecule has 25 heavy (non-hydrogen) atoms. The molecule has 2 aromatic rings. The Bertz CT molecular complexity index is 716. The molecule has 136 valence electrons. The minimum absolute atomic E-state index is 0.0431. The minimum Gasteiger partial charge on any atom is -0.434 e. The van der Waals surface area contributed by atoms with Gasteiger partial charge in [-0.05, 0) is 37.1 Å². The van der Waals surface area contributed by atoms with Gasteiger partial charge in [0.15, 0.2) is 0 Å². The molecule has 1 N–H and O–H groups in total. The Kier molecular flexibility index (Phi) is 8.98. The highest BCUT2D eigenvalue weighted by Gasteiger charge is 2.16. The molecule has 0 aliphatic rings. The van der Waals surface area contributed by atoms with Crippen molar-refractivity contribution in [2.75, 3.05) is 6.61 Å². The third-order valence-electron chi connectivity index (χ3n) is 3.16. The quantitative estimate of drug-likeness (QED) is 0.745. The monoisotopic (exact) mass is 418 g/mol. The maximum atomic E-state index is 12.6. The molecular weight excluding hydrogens is 402 g/mol. The van der Waals surface area contributed by atoms with Crippen molar-refractivity contribution in [1.29, 1.82) is 0 Å². The maximum Gasteiger partial charge on any atom is 0.387 e. The molecule has 0 saturated carbocycles. The van der Waals surface area contributed by atoms with Gasteiger partial charge in [-0.3, -0.25) is 4.68 Å². The van der Waals surface area contributed by atoms with E-state index < -0.39 is 6.61 Å². The first-order valence-electron chi connectivity index (χ1n) is 7.38. The fraction of sp³-hybridized carbons (Fsp3) is 0.375. The molecule has 0 radical (unpaired) electrons. The predicted octanol–water partition coefficient (Wildman–Crippen LogP) is 3.28. The number of ether oxygens (including phenoxy) is 1. The van der Waals surface area contributed by atoms with E-state index in [1.807, 2.05) is 13.0 Å². The van der Waals surface area contributed by atoms with Crippen LogP contribution in [-0.2, 0) is 22.6 Å². The van der Waals surface area contributed by atoms with E-state index in [1.165, 1.54) is 6.07 Å². The van der Waals surface area contributed by atoms with Gasteiger partial charge in [-0.1, -0.05) is 22.9 Å². The molecule has 0 amide bonds. The van der Waals surface area contributed by atoms with Gasteiger partial charge in [0.2, 0.25) is 0 Å². The van der Waals surface area contributed by atoms with Crippen LogP contribution in [0.1, 0.15) is 19.0 Å². The van der Waals surface area contributed by atoms with E-state index in [-0.39, 0.29) is 18.5 Å². The number of aromatic nitrogens is 2. The number of aliphatic hydroxyl groups excluding tert-OH is 1. The lowest BCUT2D eigenvalue weighted by Gasteiger charge is -2.13. The van der Waals surface area contributed by atoms with Crippen molar-refractivity contribution in [3.8, 4) is 17.0 Å². The van der Waals surface area contributed by atoms with Crippen molar-refractivity contribution in [2.24, 2.45) is 0 Å². The second kappa shape index (κ2) is 10.7. The Morgan fingerprint density at radius 1 is 1.36 bits per heavy atom. The molecule has 0 atom stereocenters. The fourth-order valence-corrected chi connectivity index (χ4v) is 2.49. The van der Waals surface area contributed by atoms with Crippen LogP contribution in [0.4, 0.5) is 8.78 Å². The number of hydrogen-bond acceptors (Lipinski definition) is 5. The van der Waals surface area contributed by atoms with Crippen LogP contribution in [0.15, 0.2) is 28.7 Å². The highest BCUT2D eigenvalue weighted by Crippen LogP contribution is 2.34. The van der Waals surface area contributed by atoms with Crippen molar-refractivity contribution in [1.82, 2.24) is 9.78 Å². The van der Waals surface area contributed by atoms with E-state index >= 15 is 0 Å². The summed E-state index contributed by atoms with van der Waals surface area (Å²) in [4.78, 5) is 16.2. The van der Waals surface area contributed by atoms with Crippen molar-refractivity contribution in [3.63, 3.8) is 0 Å². The Hall–Kier alpha value is -2.09. The van der Waals surface area contributed by atoms with Crippen LogP contribution < -0.4 is 4.74 Å². The average Bonchev–Trinajstić information content (AvgIpc) is 2.96. The number of nitrogens with zero attached hydrogens (tertiary/aromatic N) is 2. The van der Waals surface area contributed by atoms with E-state index in [0.717, 1.165) is 12.1 Å². The van der Waals surface area contributed by atoms with Crippen LogP contribution in [-0.4, -0.2) is 34.3 Å². The van der Waals surface area contributed by atoms with Gasteiger partial charge < -0.3 is 9.84 Å². The van der Waals surface area contributed by atoms with E-state index in [4.69, 9.17) is 14.7 Å². The SMILES string of the molecule is CCc1cc(-c2ccc(Br)cc2OC(F)F)n(CCCO)n1.O=C=O. The van der Waals surface area contributed by atoms with Gasteiger partial charge in [-0.2, -0.15) is 23.5 Å². The van der Waals surface area contributed by atoms with Crippen LogP contribution in [0.3, 0.4) is 0 Å². The van der Waals surface area contributed by atoms with Crippen LogP contribution >= 0.6 is 15.9 Å². The molecule has 1 aromatic carbocycles. The Labute approximate surface area is 151 Å².